The molecule has 0 spiro atoms. The number of rotatable bonds is 10. The molecule has 0 amide bonds. The van der Waals surface area contributed by atoms with Crippen molar-refractivity contribution in [2.45, 2.75) is 27.2 Å². The summed E-state index contributed by atoms with van der Waals surface area (Å²) in [5, 5.41) is 20.9. The van der Waals surface area contributed by atoms with Crippen LogP contribution in [-0.4, -0.2) is 40.4 Å². The number of allylic oxidation sites excluding steroid dienone is 1. The van der Waals surface area contributed by atoms with Gasteiger partial charge in [0.2, 0.25) is 0 Å². The number of hydrogen-bond acceptors (Lipinski definition) is 9. The van der Waals surface area contributed by atoms with Gasteiger partial charge in [0.1, 0.15) is 10.9 Å². The number of nitro benzene ring substituents is 1. The zero-order valence-electron chi connectivity index (χ0n) is 20.3. The number of esters is 2. The lowest BCUT2D eigenvalue weighted by Crippen LogP contribution is -2.12. The molecule has 0 unspecified atom stereocenters. The maximum atomic E-state index is 13.2. The van der Waals surface area contributed by atoms with Crippen molar-refractivity contribution >= 4 is 40.8 Å². The minimum atomic E-state index is -0.670. The van der Waals surface area contributed by atoms with Crippen LogP contribution in [0.25, 0.3) is 11.8 Å². The Balaban J connectivity index is 1.98. The minimum Gasteiger partial charge on any atom is -0.462 e. The van der Waals surface area contributed by atoms with Crippen LogP contribution in [0, 0.1) is 28.4 Å². The lowest BCUT2D eigenvalue weighted by molar-refractivity contribution is -0.384. The van der Waals surface area contributed by atoms with Gasteiger partial charge in [-0.25, -0.2) is 9.59 Å². The molecule has 0 aliphatic carbocycles. The molecule has 10 nitrogen and oxygen atoms in total. The van der Waals surface area contributed by atoms with E-state index in [2.05, 4.69) is 0 Å². The predicted molar refractivity (Wildman–Crippen MR) is 136 cm³/mol. The van der Waals surface area contributed by atoms with Gasteiger partial charge in [0.05, 0.1) is 35.0 Å². The minimum absolute atomic E-state index is 0.102. The Labute approximate surface area is 216 Å². The molecule has 0 atom stereocenters. The summed E-state index contributed by atoms with van der Waals surface area (Å²) in [6.45, 7) is 5.13. The van der Waals surface area contributed by atoms with Gasteiger partial charge in [-0.1, -0.05) is 6.07 Å². The van der Waals surface area contributed by atoms with Gasteiger partial charge in [0, 0.05) is 35.3 Å². The fraction of sp³-hybridized carbons (Fsp3) is 0.231. The van der Waals surface area contributed by atoms with Gasteiger partial charge in [0.25, 0.3) is 5.69 Å². The van der Waals surface area contributed by atoms with Gasteiger partial charge >= 0.3 is 11.9 Å². The molecular weight excluding hydrogens is 498 g/mol. The molecule has 190 valence electrons. The quantitative estimate of drug-likeness (QED) is 0.121. The van der Waals surface area contributed by atoms with Crippen molar-refractivity contribution in [3.8, 4) is 11.8 Å². The number of ether oxygens (including phenoxy) is 2. The van der Waals surface area contributed by atoms with Crippen LogP contribution in [0.4, 0.5) is 5.69 Å². The van der Waals surface area contributed by atoms with Crippen molar-refractivity contribution in [1.29, 1.82) is 5.26 Å². The van der Waals surface area contributed by atoms with E-state index in [4.69, 9.17) is 9.47 Å². The third kappa shape index (κ3) is 5.99. The zero-order valence-corrected chi connectivity index (χ0v) is 21.2. The molecule has 0 N–H and O–H groups in total. The summed E-state index contributed by atoms with van der Waals surface area (Å²) in [4.78, 5) is 49.3. The van der Waals surface area contributed by atoms with Crippen LogP contribution in [-0.2, 0) is 20.7 Å². The largest absolute Gasteiger partial charge is 0.462 e. The first-order valence-corrected chi connectivity index (χ1v) is 12.1. The van der Waals surface area contributed by atoms with Crippen molar-refractivity contribution in [2.24, 2.45) is 0 Å². The summed E-state index contributed by atoms with van der Waals surface area (Å²) in [6.07, 6.45) is 2.71. The van der Waals surface area contributed by atoms with Crippen LogP contribution >= 0.6 is 11.3 Å². The summed E-state index contributed by atoms with van der Waals surface area (Å²) >= 11 is 0.955. The number of thiophene rings is 1. The van der Waals surface area contributed by atoms with E-state index in [0.29, 0.717) is 21.8 Å². The van der Waals surface area contributed by atoms with Crippen LogP contribution in [0.2, 0.25) is 0 Å². The number of carbonyl (C=O) groups is 3. The number of Topliss-reactive ketones (excluding diaryl/α,β-unsaturated/α-hetero) is 1. The second kappa shape index (κ2) is 11.9. The average Bonchev–Trinajstić information content (AvgIpc) is 3.46. The molecule has 0 fully saturated rings. The highest BCUT2D eigenvalue weighted by atomic mass is 32.1. The van der Waals surface area contributed by atoms with Gasteiger partial charge in [-0.15, -0.1) is 11.3 Å². The van der Waals surface area contributed by atoms with Crippen LogP contribution in [0.5, 0.6) is 0 Å². The highest BCUT2D eigenvalue weighted by Crippen LogP contribution is 2.31. The van der Waals surface area contributed by atoms with Crippen molar-refractivity contribution in [3.05, 3.63) is 84.9 Å². The number of nitrogens with zero attached hydrogens (tertiary/aromatic N) is 3. The number of nitro groups is 1. The summed E-state index contributed by atoms with van der Waals surface area (Å²) < 4.78 is 11.8. The number of hydrogen-bond donors (Lipinski definition) is 0. The molecule has 2 heterocycles. The normalized spacial score (nSPS) is 11.0. The number of carbonyl (C=O) groups excluding carboxylic acids is 3. The van der Waals surface area contributed by atoms with Gasteiger partial charge in [-0.3, -0.25) is 14.9 Å². The molecule has 0 bridgehead atoms. The highest BCUT2D eigenvalue weighted by Gasteiger charge is 2.28. The Bertz CT molecular complexity index is 1440. The number of ketones is 1. The Hall–Kier alpha value is -4.56. The molecule has 3 aromatic rings. The Morgan fingerprint density at radius 3 is 2.49 bits per heavy atom. The standard InChI is InChI=1S/C26H23N3O7S/c1-4-35-25(31)23-16(3)24(26(32)36-5-2)37-22(23)14-21(30)17(15-27)12-18-10-7-11-28(18)19-8-6-9-20(13-19)29(33)34/h6-13H,4-5,14H2,1-3H3/b17-12+. The molecule has 1 aromatic carbocycles. The summed E-state index contributed by atoms with van der Waals surface area (Å²) in [5.41, 5.74) is 1.10. The fourth-order valence-electron chi connectivity index (χ4n) is 3.63. The molecular formula is C26H23N3O7S. The molecule has 37 heavy (non-hydrogen) atoms. The van der Waals surface area contributed by atoms with Crippen LogP contribution < -0.4 is 0 Å². The molecule has 0 aliphatic rings. The molecule has 0 radical (unpaired) electrons. The fourth-order valence-corrected chi connectivity index (χ4v) is 4.81. The Kier molecular flexibility index (Phi) is 8.71. The molecule has 0 saturated carbocycles. The van der Waals surface area contributed by atoms with Gasteiger partial charge < -0.3 is 14.0 Å². The Morgan fingerprint density at radius 1 is 1.14 bits per heavy atom. The summed E-state index contributed by atoms with van der Waals surface area (Å²) in [6, 6.07) is 11.2. The predicted octanol–water partition coefficient (Wildman–Crippen LogP) is 4.83. The number of benzene rings is 1. The average molecular weight is 522 g/mol. The lowest BCUT2D eigenvalue weighted by Gasteiger charge is -2.07. The van der Waals surface area contributed by atoms with E-state index in [0.717, 1.165) is 11.3 Å². The number of nitriles is 1. The van der Waals surface area contributed by atoms with Gasteiger partial charge in [-0.2, -0.15) is 5.26 Å². The SMILES string of the molecule is CCOC(=O)c1sc(CC(=O)/C(C#N)=C/c2cccn2-c2cccc([N+](=O)[O-])c2)c(C(=O)OCC)c1C. The smallest absolute Gasteiger partial charge is 0.348 e. The van der Waals surface area contributed by atoms with Gasteiger partial charge in [0.15, 0.2) is 5.78 Å². The van der Waals surface area contributed by atoms with E-state index in [-0.39, 0.29) is 41.3 Å². The van der Waals surface area contributed by atoms with Crippen molar-refractivity contribution in [2.75, 3.05) is 13.2 Å². The van der Waals surface area contributed by atoms with Crippen molar-refractivity contribution in [1.82, 2.24) is 4.57 Å². The van der Waals surface area contributed by atoms with Gasteiger partial charge in [-0.05, 0) is 50.6 Å². The first-order valence-electron chi connectivity index (χ1n) is 11.2. The Morgan fingerprint density at radius 2 is 1.84 bits per heavy atom. The van der Waals surface area contributed by atoms with E-state index in [1.807, 2.05) is 6.07 Å². The van der Waals surface area contributed by atoms with Crippen molar-refractivity contribution < 1.29 is 28.8 Å². The molecule has 0 saturated heterocycles. The van der Waals surface area contributed by atoms with E-state index in [9.17, 15) is 29.8 Å². The third-order valence-corrected chi connectivity index (χ3v) is 6.57. The molecule has 0 aliphatic heterocycles. The maximum absolute atomic E-state index is 13.2. The first kappa shape index (κ1) is 27.0. The van der Waals surface area contributed by atoms with Crippen LogP contribution in [0.15, 0.2) is 48.2 Å². The molecule has 11 heteroatoms. The number of non-ortho nitro benzene ring substituents is 1. The third-order valence-electron chi connectivity index (χ3n) is 5.29. The zero-order chi connectivity index (χ0) is 27.1. The highest BCUT2D eigenvalue weighted by molar-refractivity contribution is 7.14. The topological polar surface area (TPSA) is 142 Å². The molecule has 2 aromatic heterocycles. The van der Waals surface area contributed by atoms with E-state index in [1.165, 1.54) is 24.3 Å². The van der Waals surface area contributed by atoms with E-state index in [1.54, 1.807) is 49.7 Å². The number of aromatic nitrogens is 1. The maximum Gasteiger partial charge on any atom is 0.348 e. The van der Waals surface area contributed by atoms with E-state index < -0.39 is 22.6 Å². The van der Waals surface area contributed by atoms with E-state index >= 15 is 0 Å². The summed E-state index contributed by atoms with van der Waals surface area (Å²) in [5.74, 6) is -1.85. The van der Waals surface area contributed by atoms with Crippen LogP contribution in [0.3, 0.4) is 0 Å². The molecule has 3 rings (SSSR count). The first-order chi connectivity index (χ1) is 17.7. The van der Waals surface area contributed by atoms with Crippen molar-refractivity contribution in [3.63, 3.8) is 0 Å². The van der Waals surface area contributed by atoms with Crippen LogP contribution in [0.1, 0.15) is 50.0 Å². The second-order valence-electron chi connectivity index (χ2n) is 7.65. The second-order valence-corrected chi connectivity index (χ2v) is 8.75. The summed E-state index contributed by atoms with van der Waals surface area (Å²) in [7, 11) is 0. The lowest BCUT2D eigenvalue weighted by atomic mass is 10.0. The monoisotopic (exact) mass is 521 g/mol.